The number of allylic oxidation sites excluding steroid dienone is 1. The first-order valence-electron chi connectivity index (χ1n) is 9.26. The number of carbonyl (C=O) groups excluding carboxylic acids is 2. The van der Waals surface area contributed by atoms with Gasteiger partial charge in [0.1, 0.15) is 5.60 Å². The highest BCUT2D eigenvalue weighted by Gasteiger charge is 2.30. The van der Waals surface area contributed by atoms with Gasteiger partial charge in [-0.15, -0.1) is 0 Å². The molecule has 0 aromatic heterocycles. The number of methoxy groups -OCH3 is 1. The van der Waals surface area contributed by atoms with Crippen LogP contribution in [0.3, 0.4) is 0 Å². The van der Waals surface area contributed by atoms with E-state index in [0.29, 0.717) is 25.2 Å². The largest absolute Gasteiger partial charge is 0.465 e. The van der Waals surface area contributed by atoms with Crippen molar-refractivity contribution in [3.8, 4) is 0 Å². The summed E-state index contributed by atoms with van der Waals surface area (Å²) in [5.41, 5.74) is 2.02. The van der Waals surface area contributed by atoms with E-state index in [1.165, 1.54) is 7.11 Å². The van der Waals surface area contributed by atoms with Gasteiger partial charge in [0.05, 0.1) is 12.7 Å². The number of rotatable bonds is 3. The molecule has 148 valence electrons. The van der Waals surface area contributed by atoms with Crippen LogP contribution in [0.25, 0.3) is 6.08 Å². The Balaban J connectivity index is 2.20. The minimum atomic E-state index is -0.500. The second-order valence-corrected chi connectivity index (χ2v) is 7.73. The molecule has 1 amide bonds. The van der Waals surface area contributed by atoms with E-state index < -0.39 is 5.60 Å². The number of ether oxygens (including phenoxy) is 2. The van der Waals surface area contributed by atoms with Crippen LogP contribution < -0.4 is 4.90 Å². The Bertz CT molecular complexity index is 721. The van der Waals surface area contributed by atoms with E-state index in [2.05, 4.69) is 11.8 Å². The smallest absolute Gasteiger partial charge is 0.410 e. The van der Waals surface area contributed by atoms with Crippen LogP contribution in [-0.2, 0) is 9.47 Å². The normalized spacial score (nSPS) is 17.9. The van der Waals surface area contributed by atoms with Gasteiger partial charge in [0.25, 0.3) is 0 Å². The summed E-state index contributed by atoms with van der Waals surface area (Å²) in [6.45, 7) is 11.5. The lowest BCUT2D eigenvalue weighted by atomic mass is 10.0. The summed E-state index contributed by atoms with van der Waals surface area (Å²) in [6.07, 6.45) is 3.65. The van der Waals surface area contributed by atoms with Crippen LogP contribution in [0.1, 0.15) is 50.5 Å². The SMILES string of the molecule is C/C=C\c1cc(C(=O)OC)ccc1N1CCN(C(=O)OC(C)(C)C)C[C@H]1C. The summed E-state index contributed by atoms with van der Waals surface area (Å²) in [5, 5.41) is 0. The van der Waals surface area contributed by atoms with Gasteiger partial charge in [-0.05, 0) is 58.4 Å². The molecule has 0 spiro atoms. The lowest BCUT2D eigenvalue weighted by Crippen LogP contribution is -2.54. The van der Waals surface area contributed by atoms with Gasteiger partial charge in [-0.25, -0.2) is 9.59 Å². The number of hydrogen-bond acceptors (Lipinski definition) is 5. The van der Waals surface area contributed by atoms with Crippen molar-refractivity contribution in [2.45, 2.75) is 46.3 Å². The van der Waals surface area contributed by atoms with E-state index in [-0.39, 0.29) is 18.1 Å². The Hall–Kier alpha value is -2.50. The first-order chi connectivity index (χ1) is 12.7. The highest BCUT2D eigenvalue weighted by atomic mass is 16.6. The topological polar surface area (TPSA) is 59.1 Å². The average Bonchev–Trinajstić information content (AvgIpc) is 2.60. The van der Waals surface area contributed by atoms with Crippen LogP contribution in [0.15, 0.2) is 24.3 Å². The van der Waals surface area contributed by atoms with Crippen LogP contribution in [0.2, 0.25) is 0 Å². The molecule has 27 heavy (non-hydrogen) atoms. The average molecular weight is 374 g/mol. The van der Waals surface area contributed by atoms with E-state index in [4.69, 9.17) is 9.47 Å². The standard InChI is InChI=1S/C21H30N2O4/c1-7-8-16-13-17(19(24)26-6)9-10-18(16)23-12-11-22(14-15(23)2)20(25)27-21(3,4)5/h7-10,13,15H,11-12,14H2,1-6H3/b8-7-/t15-/m1/s1. The van der Waals surface area contributed by atoms with E-state index in [1.54, 1.807) is 11.0 Å². The first kappa shape index (κ1) is 20.8. The molecule has 0 radical (unpaired) electrons. The molecule has 6 heteroatoms. The lowest BCUT2D eigenvalue weighted by molar-refractivity contribution is 0.0218. The van der Waals surface area contributed by atoms with Crippen molar-refractivity contribution < 1.29 is 19.1 Å². The Labute approximate surface area is 161 Å². The van der Waals surface area contributed by atoms with E-state index >= 15 is 0 Å². The summed E-state index contributed by atoms with van der Waals surface area (Å²) < 4.78 is 10.3. The second-order valence-electron chi connectivity index (χ2n) is 7.73. The van der Waals surface area contributed by atoms with Crippen LogP contribution in [0, 0.1) is 0 Å². The fourth-order valence-electron chi connectivity index (χ4n) is 3.18. The molecule has 6 nitrogen and oxygen atoms in total. The number of carbonyl (C=O) groups is 2. The maximum absolute atomic E-state index is 12.3. The number of anilines is 1. The Morgan fingerprint density at radius 1 is 1.22 bits per heavy atom. The zero-order valence-electron chi connectivity index (χ0n) is 17.1. The molecule has 0 N–H and O–H groups in total. The van der Waals surface area contributed by atoms with Crippen molar-refractivity contribution in [3.05, 3.63) is 35.4 Å². The second kappa shape index (κ2) is 8.46. The lowest BCUT2D eigenvalue weighted by Gasteiger charge is -2.42. The fraction of sp³-hybridized carbons (Fsp3) is 0.524. The maximum atomic E-state index is 12.3. The Morgan fingerprint density at radius 3 is 2.48 bits per heavy atom. The van der Waals surface area contributed by atoms with E-state index in [9.17, 15) is 9.59 Å². The van der Waals surface area contributed by atoms with Crippen molar-refractivity contribution in [2.24, 2.45) is 0 Å². The van der Waals surface area contributed by atoms with Gasteiger partial charge in [0, 0.05) is 31.4 Å². The molecule has 1 heterocycles. The van der Waals surface area contributed by atoms with Gasteiger partial charge < -0.3 is 19.3 Å². The molecule has 1 aromatic carbocycles. The fourth-order valence-corrected chi connectivity index (χ4v) is 3.18. The molecule has 1 aromatic rings. The van der Waals surface area contributed by atoms with Gasteiger partial charge in [-0.2, -0.15) is 0 Å². The van der Waals surface area contributed by atoms with Crippen LogP contribution in [0.4, 0.5) is 10.5 Å². The predicted molar refractivity (Wildman–Crippen MR) is 107 cm³/mol. The molecular formula is C21H30N2O4. The highest BCUT2D eigenvalue weighted by molar-refractivity contribution is 5.91. The molecular weight excluding hydrogens is 344 g/mol. The Kier molecular flexibility index (Phi) is 6.52. The number of benzene rings is 1. The number of nitrogens with zero attached hydrogens (tertiary/aromatic N) is 2. The van der Waals surface area contributed by atoms with E-state index in [0.717, 1.165) is 11.3 Å². The third kappa shape index (κ3) is 5.25. The van der Waals surface area contributed by atoms with Crippen LogP contribution >= 0.6 is 0 Å². The molecule has 1 aliphatic rings. The number of piperazine rings is 1. The molecule has 1 saturated heterocycles. The molecule has 1 fully saturated rings. The summed E-state index contributed by atoms with van der Waals surface area (Å²) in [4.78, 5) is 28.2. The minimum absolute atomic E-state index is 0.124. The summed E-state index contributed by atoms with van der Waals surface area (Å²) in [6, 6.07) is 5.69. The monoisotopic (exact) mass is 374 g/mol. The Morgan fingerprint density at radius 2 is 1.93 bits per heavy atom. The molecule has 0 aliphatic carbocycles. The third-order valence-electron chi connectivity index (χ3n) is 4.38. The van der Waals surface area contributed by atoms with E-state index in [1.807, 2.05) is 52.0 Å². The van der Waals surface area contributed by atoms with Gasteiger partial charge >= 0.3 is 12.1 Å². The van der Waals surface area contributed by atoms with Crippen molar-refractivity contribution in [2.75, 3.05) is 31.6 Å². The van der Waals surface area contributed by atoms with Crippen LogP contribution in [0.5, 0.6) is 0 Å². The molecule has 2 rings (SSSR count). The van der Waals surface area contributed by atoms with Crippen molar-refractivity contribution in [1.29, 1.82) is 0 Å². The molecule has 0 saturated carbocycles. The van der Waals surface area contributed by atoms with Crippen molar-refractivity contribution >= 4 is 23.8 Å². The predicted octanol–water partition coefficient (Wildman–Crippen LogP) is 3.95. The first-order valence-corrected chi connectivity index (χ1v) is 9.26. The molecule has 1 atom stereocenters. The van der Waals surface area contributed by atoms with Gasteiger partial charge in [-0.3, -0.25) is 0 Å². The summed E-state index contributed by atoms with van der Waals surface area (Å²) in [7, 11) is 1.38. The van der Waals surface area contributed by atoms with Crippen molar-refractivity contribution in [3.63, 3.8) is 0 Å². The highest BCUT2D eigenvalue weighted by Crippen LogP contribution is 2.28. The quantitative estimate of drug-likeness (QED) is 0.750. The zero-order valence-corrected chi connectivity index (χ0v) is 17.1. The van der Waals surface area contributed by atoms with Gasteiger partial charge in [0.15, 0.2) is 0 Å². The molecule has 0 bridgehead atoms. The number of amides is 1. The number of hydrogen-bond donors (Lipinski definition) is 0. The summed E-state index contributed by atoms with van der Waals surface area (Å²) in [5.74, 6) is -0.352. The molecule has 0 unspecified atom stereocenters. The van der Waals surface area contributed by atoms with Crippen LogP contribution in [-0.4, -0.2) is 55.3 Å². The minimum Gasteiger partial charge on any atom is -0.465 e. The van der Waals surface area contributed by atoms with Gasteiger partial charge in [0.2, 0.25) is 0 Å². The maximum Gasteiger partial charge on any atom is 0.410 e. The molecule has 1 aliphatic heterocycles. The summed E-state index contributed by atoms with van der Waals surface area (Å²) >= 11 is 0. The zero-order chi connectivity index (χ0) is 20.2. The number of esters is 1. The third-order valence-corrected chi connectivity index (χ3v) is 4.38. The van der Waals surface area contributed by atoms with Crippen molar-refractivity contribution in [1.82, 2.24) is 4.90 Å². The van der Waals surface area contributed by atoms with Gasteiger partial charge in [-0.1, -0.05) is 12.2 Å².